The van der Waals surface area contributed by atoms with E-state index in [1.807, 2.05) is 55.5 Å². The quantitative estimate of drug-likeness (QED) is 0.494. The van der Waals surface area contributed by atoms with Crippen LogP contribution in [0.1, 0.15) is 57.4 Å². The molecule has 3 aromatic rings. The average Bonchev–Trinajstić information content (AvgIpc) is 3.63. The Balaban J connectivity index is 1.34. The summed E-state index contributed by atoms with van der Waals surface area (Å²) in [5.74, 6) is -0.260. The van der Waals surface area contributed by atoms with Gasteiger partial charge in [-0.15, -0.1) is 0 Å². The number of aromatic nitrogens is 2. The fraction of sp³-hybridized carbons (Fsp3) is 0.357. The first-order valence-electron chi connectivity index (χ1n) is 12.4. The Bertz CT molecular complexity index is 1340. The maximum atomic E-state index is 13.8. The fourth-order valence-electron chi connectivity index (χ4n) is 4.93. The van der Waals surface area contributed by atoms with Gasteiger partial charge in [0.05, 0.1) is 20.0 Å². The minimum absolute atomic E-state index is 0.0268. The number of methoxy groups -OCH3 is 1. The predicted octanol–water partition coefficient (Wildman–Crippen LogP) is 2.82. The molecule has 0 bridgehead atoms. The highest BCUT2D eigenvalue weighted by atomic mass is 16.5. The second kappa shape index (κ2) is 9.72. The van der Waals surface area contributed by atoms with Crippen LogP contribution < -0.4 is 15.4 Å². The fourth-order valence-corrected chi connectivity index (χ4v) is 4.93. The van der Waals surface area contributed by atoms with Gasteiger partial charge in [0.2, 0.25) is 5.91 Å². The SMILES string of the molecule is COc1ccc(CNC(=O)c2ncn3c2C(=O)N(C2CC2)[C@](C)(C(=O)NCc2cccc(C)c2)C3)cc1. The van der Waals surface area contributed by atoms with Gasteiger partial charge in [-0.05, 0) is 49.9 Å². The molecule has 1 aliphatic carbocycles. The van der Waals surface area contributed by atoms with Crippen LogP contribution in [0.3, 0.4) is 0 Å². The monoisotopic (exact) mass is 501 g/mol. The number of imidazole rings is 1. The molecule has 2 N–H and O–H groups in total. The predicted molar refractivity (Wildman–Crippen MR) is 137 cm³/mol. The molecule has 192 valence electrons. The highest BCUT2D eigenvalue weighted by Crippen LogP contribution is 2.38. The van der Waals surface area contributed by atoms with Gasteiger partial charge in [-0.1, -0.05) is 42.0 Å². The molecule has 1 aliphatic heterocycles. The minimum Gasteiger partial charge on any atom is -0.497 e. The molecule has 1 atom stereocenters. The molecule has 1 aromatic heterocycles. The average molecular weight is 502 g/mol. The van der Waals surface area contributed by atoms with Gasteiger partial charge in [0.1, 0.15) is 17.0 Å². The van der Waals surface area contributed by atoms with Crippen LogP contribution in [-0.2, 0) is 24.4 Å². The molecule has 3 amide bonds. The standard InChI is InChI=1S/C28H31N5O4/c1-18-5-4-6-20(13-18)15-30-27(36)28(2)16-32-17-31-23(24(32)26(35)33(28)21-9-10-21)25(34)29-14-19-7-11-22(37-3)12-8-19/h4-8,11-13,17,21H,9-10,14-16H2,1-3H3,(H,29,34)(H,30,36)/t28-/m0/s1. The number of amides is 3. The van der Waals surface area contributed by atoms with Crippen molar-refractivity contribution in [2.24, 2.45) is 0 Å². The molecule has 0 saturated heterocycles. The van der Waals surface area contributed by atoms with E-state index in [2.05, 4.69) is 15.6 Å². The molecule has 9 nitrogen and oxygen atoms in total. The van der Waals surface area contributed by atoms with E-state index in [-0.39, 0.29) is 42.3 Å². The van der Waals surface area contributed by atoms with Crippen molar-refractivity contribution in [2.75, 3.05) is 7.11 Å². The Hall–Kier alpha value is -4.14. The molecule has 37 heavy (non-hydrogen) atoms. The Morgan fingerprint density at radius 2 is 1.81 bits per heavy atom. The number of ether oxygens (including phenoxy) is 1. The summed E-state index contributed by atoms with van der Waals surface area (Å²) in [4.78, 5) is 46.2. The molecular weight excluding hydrogens is 470 g/mol. The number of benzene rings is 2. The normalized spacial score (nSPS) is 18.8. The molecule has 1 fully saturated rings. The van der Waals surface area contributed by atoms with Gasteiger partial charge in [0.25, 0.3) is 11.8 Å². The Kier molecular flexibility index (Phi) is 6.45. The van der Waals surface area contributed by atoms with Crippen molar-refractivity contribution in [3.05, 3.63) is 82.9 Å². The third-order valence-electron chi connectivity index (χ3n) is 7.03. The van der Waals surface area contributed by atoms with Crippen molar-refractivity contribution in [2.45, 2.75) is 57.9 Å². The van der Waals surface area contributed by atoms with Crippen LogP contribution in [0.2, 0.25) is 0 Å². The Labute approximate surface area is 215 Å². The molecule has 0 unspecified atom stereocenters. The van der Waals surface area contributed by atoms with Crippen molar-refractivity contribution in [1.82, 2.24) is 25.1 Å². The maximum absolute atomic E-state index is 13.8. The van der Waals surface area contributed by atoms with Crippen molar-refractivity contribution in [3.8, 4) is 5.75 Å². The van der Waals surface area contributed by atoms with Gasteiger partial charge in [-0.25, -0.2) is 4.98 Å². The number of hydrogen-bond acceptors (Lipinski definition) is 5. The van der Waals surface area contributed by atoms with Gasteiger partial charge >= 0.3 is 0 Å². The van der Waals surface area contributed by atoms with E-state index >= 15 is 0 Å². The minimum atomic E-state index is -1.09. The smallest absolute Gasteiger partial charge is 0.274 e. The van der Waals surface area contributed by atoms with Crippen LogP contribution in [0, 0.1) is 6.92 Å². The van der Waals surface area contributed by atoms with Gasteiger partial charge in [-0.3, -0.25) is 14.4 Å². The first kappa shape index (κ1) is 24.5. The van der Waals surface area contributed by atoms with Crippen LogP contribution in [0.4, 0.5) is 0 Å². The highest BCUT2D eigenvalue weighted by molar-refractivity contribution is 6.07. The van der Waals surface area contributed by atoms with E-state index in [0.29, 0.717) is 6.54 Å². The largest absolute Gasteiger partial charge is 0.497 e. The van der Waals surface area contributed by atoms with E-state index in [1.165, 1.54) is 6.33 Å². The van der Waals surface area contributed by atoms with E-state index in [0.717, 1.165) is 35.3 Å². The van der Waals surface area contributed by atoms with Gasteiger partial charge < -0.3 is 24.8 Å². The van der Waals surface area contributed by atoms with Crippen molar-refractivity contribution >= 4 is 17.7 Å². The zero-order valence-corrected chi connectivity index (χ0v) is 21.3. The topological polar surface area (TPSA) is 106 Å². The summed E-state index contributed by atoms with van der Waals surface area (Å²) < 4.78 is 6.80. The highest BCUT2D eigenvalue weighted by Gasteiger charge is 2.53. The van der Waals surface area contributed by atoms with E-state index < -0.39 is 11.4 Å². The molecule has 1 saturated carbocycles. The summed E-state index contributed by atoms with van der Waals surface area (Å²) in [5.41, 5.74) is 2.22. The van der Waals surface area contributed by atoms with Gasteiger partial charge in [0.15, 0.2) is 5.69 Å². The van der Waals surface area contributed by atoms with Crippen LogP contribution in [0.5, 0.6) is 5.75 Å². The lowest BCUT2D eigenvalue weighted by molar-refractivity contribution is -0.133. The summed E-state index contributed by atoms with van der Waals surface area (Å²) in [6.45, 7) is 4.68. The molecule has 2 aliphatic rings. The number of nitrogens with zero attached hydrogens (tertiary/aromatic N) is 3. The summed E-state index contributed by atoms with van der Waals surface area (Å²) in [7, 11) is 1.60. The molecule has 0 radical (unpaired) electrons. The van der Waals surface area contributed by atoms with Crippen molar-refractivity contribution in [1.29, 1.82) is 0 Å². The first-order valence-corrected chi connectivity index (χ1v) is 12.4. The maximum Gasteiger partial charge on any atom is 0.274 e. The molecule has 2 aromatic carbocycles. The van der Waals surface area contributed by atoms with E-state index in [4.69, 9.17) is 4.74 Å². The summed E-state index contributed by atoms with van der Waals surface area (Å²) in [6.07, 6.45) is 3.14. The Morgan fingerprint density at radius 1 is 1.08 bits per heavy atom. The number of carbonyl (C=O) groups excluding carboxylic acids is 3. The second-order valence-electron chi connectivity index (χ2n) is 9.95. The molecule has 0 spiro atoms. The lowest BCUT2D eigenvalue weighted by atomic mass is 9.93. The van der Waals surface area contributed by atoms with Crippen molar-refractivity contribution < 1.29 is 19.1 Å². The summed E-state index contributed by atoms with van der Waals surface area (Å²) in [6, 6.07) is 15.3. The van der Waals surface area contributed by atoms with Crippen molar-refractivity contribution in [3.63, 3.8) is 0 Å². The zero-order valence-electron chi connectivity index (χ0n) is 21.3. The Morgan fingerprint density at radius 3 is 2.49 bits per heavy atom. The summed E-state index contributed by atoms with van der Waals surface area (Å²) in [5, 5.41) is 5.87. The number of fused-ring (bicyclic) bond motifs is 1. The third-order valence-corrected chi connectivity index (χ3v) is 7.03. The number of carbonyl (C=O) groups is 3. The van der Waals surface area contributed by atoms with Crippen LogP contribution in [-0.4, -0.2) is 50.9 Å². The number of nitrogens with one attached hydrogen (secondary N) is 2. The molecule has 9 heteroatoms. The van der Waals surface area contributed by atoms with E-state index in [9.17, 15) is 14.4 Å². The van der Waals surface area contributed by atoms with Crippen LogP contribution in [0.15, 0.2) is 54.9 Å². The summed E-state index contributed by atoms with van der Waals surface area (Å²) >= 11 is 0. The third kappa shape index (κ3) is 4.81. The van der Waals surface area contributed by atoms with E-state index in [1.54, 1.807) is 23.5 Å². The number of rotatable bonds is 8. The zero-order chi connectivity index (χ0) is 26.2. The lowest BCUT2D eigenvalue weighted by Gasteiger charge is -2.44. The lowest BCUT2D eigenvalue weighted by Crippen LogP contribution is -2.64. The van der Waals surface area contributed by atoms with Crippen LogP contribution >= 0.6 is 0 Å². The number of aryl methyl sites for hydroxylation is 1. The number of hydrogen-bond donors (Lipinski definition) is 2. The molecule has 5 rings (SSSR count). The first-order chi connectivity index (χ1) is 17.8. The van der Waals surface area contributed by atoms with Gasteiger partial charge in [-0.2, -0.15) is 0 Å². The molecule has 2 heterocycles. The van der Waals surface area contributed by atoms with Gasteiger partial charge in [0, 0.05) is 19.1 Å². The molecular formula is C28H31N5O4. The second-order valence-corrected chi connectivity index (χ2v) is 9.95. The van der Waals surface area contributed by atoms with Crippen LogP contribution in [0.25, 0.3) is 0 Å².